The van der Waals surface area contributed by atoms with E-state index in [2.05, 4.69) is 63.5 Å². The van der Waals surface area contributed by atoms with Crippen LogP contribution in [0.3, 0.4) is 0 Å². The van der Waals surface area contributed by atoms with Crippen molar-refractivity contribution in [3.05, 3.63) is 163 Å². The van der Waals surface area contributed by atoms with Gasteiger partial charge in [0.25, 0.3) is 23.3 Å². The van der Waals surface area contributed by atoms with Crippen LogP contribution in [0, 0.1) is 20.8 Å². The molecule has 12 atom stereocenters. The number of allylic oxidation sites excluding steroid dienone is 6. The summed E-state index contributed by atoms with van der Waals surface area (Å²) in [7, 11) is 0. The van der Waals surface area contributed by atoms with Crippen LogP contribution in [-0.2, 0) is 56.2 Å². The van der Waals surface area contributed by atoms with E-state index in [9.17, 15) is 44.1 Å². The number of amides is 6. The Morgan fingerprint density at radius 1 is 0.578 bits per heavy atom. The molecule has 6 fully saturated rings. The number of aryl methyl sites for hydroxylation is 3. The van der Waals surface area contributed by atoms with Gasteiger partial charge in [0.2, 0.25) is 23.6 Å². The van der Waals surface area contributed by atoms with Gasteiger partial charge in [-0.05, 0) is 189 Å². The molecular formula is C81H99N9O12. The van der Waals surface area contributed by atoms with Crippen molar-refractivity contribution in [1.82, 2.24) is 43.5 Å². The third-order valence-corrected chi connectivity index (χ3v) is 22.4. The minimum absolute atomic E-state index is 0.111. The topological polar surface area (TPSA) is 236 Å². The number of carbonyl (C=O) groups is 6. The number of aliphatic hydroxyl groups excluding tert-OH is 1. The van der Waals surface area contributed by atoms with Crippen LogP contribution >= 0.6 is 0 Å². The molecule has 21 heteroatoms. The number of hydrogen-bond acceptors (Lipinski definition) is 12. The maximum Gasteiger partial charge on any atom is 0.279 e. The summed E-state index contributed by atoms with van der Waals surface area (Å²) >= 11 is 0. The third kappa shape index (κ3) is 11.2. The van der Waals surface area contributed by atoms with Crippen molar-refractivity contribution >= 4 is 68.2 Å². The molecule has 1 unspecified atom stereocenters. The van der Waals surface area contributed by atoms with Crippen LogP contribution in [0.15, 0.2) is 113 Å². The van der Waals surface area contributed by atoms with Crippen molar-refractivity contribution in [2.75, 3.05) is 26.2 Å². The summed E-state index contributed by atoms with van der Waals surface area (Å²) in [6.45, 7) is 32.2. The Hall–Kier alpha value is -8.44. The summed E-state index contributed by atoms with van der Waals surface area (Å²) in [5.74, 6) is -1.38. The smallest absolute Gasteiger partial charge is 0.279 e. The first kappa shape index (κ1) is 70.6. The number of fused-ring (bicyclic) bond motifs is 16. The van der Waals surface area contributed by atoms with Crippen molar-refractivity contribution in [3.8, 4) is 0 Å². The molecule has 540 valence electrons. The number of carbonyl (C=O) groups excluding carboxylic acids is 6. The van der Waals surface area contributed by atoms with E-state index in [-0.39, 0.29) is 48.4 Å². The molecule has 6 aromatic rings. The number of aromatic amines is 1. The Kier molecular flexibility index (Phi) is 18.0. The van der Waals surface area contributed by atoms with Crippen LogP contribution < -0.4 is 0 Å². The third-order valence-electron chi connectivity index (χ3n) is 22.4. The average molecular weight is 1390 g/mol. The normalized spacial score (nSPS) is 28.6. The van der Waals surface area contributed by atoms with Crippen molar-refractivity contribution in [2.24, 2.45) is 0 Å². The van der Waals surface area contributed by atoms with E-state index in [0.717, 1.165) is 102 Å². The van der Waals surface area contributed by atoms with Gasteiger partial charge in [-0.25, -0.2) is 9.78 Å². The molecule has 21 nitrogen and oxygen atoms in total. The van der Waals surface area contributed by atoms with E-state index in [1.165, 1.54) is 31.2 Å². The van der Waals surface area contributed by atoms with Crippen LogP contribution in [0.25, 0.3) is 32.7 Å². The number of aromatic nitrogens is 3. The number of benzene rings is 3. The molecule has 16 rings (SSSR count). The van der Waals surface area contributed by atoms with Gasteiger partial charge in [0.1, 0.15) is 42.0 Å². The highest BCUT2D eigenvalue weighted by Gasteiger charge is 2.69. The van der Waals surface area contributed by atoms with Gasteiger partial charge in [0, 0.05) is 83.0 Å². The molecule has 0 bridgehead atoms. The number of piperazine rings is 3. The van der Waals surface area contributed by atoms with E-state index in [0.29, 0.717) is 70.3 Å². The molecule has 0 spiro atoms. The Bertz CT molecular complexity index is 4660. The fraction of sp³-hybridized carbons (Fsp3) is 0.506. The molecular weight excluding hydrogens is 1290 g/mol. The quantitative estimate of drug-likeness (QED) is 0.0823. The Morgan fingerprint density at radius 2 is 1.12 bits per heavy atom. The highest BCUT2D eigenvalue weighted by atomic mass is 17.2. The SMILES string of the molecule is CC(C)=CC1c2[nH]c3cc(C)ccc3c2C[C@H]2C(=O)N3CCC[C@H]3C(=O)N12.CC(C)=CCO[C@H]1c2c3n(c4cc(C)ccc24)[C@@H](C=C(C)C)OOC(C)(C)C[C@@H]3N2C(=O)[C@@H]3CCCN3C(=O)[C@]12O.CC(C)=CCn1c2c(c3ccc(C)cc31)[C@H](O)[C@@]1(O)C(=O)N3CCC[C@H]3C(=O)N1[C@H]2C=C(C)C. The lowest BCUT2D eigenvalue weighted by Crippen LogP contribution is -2.74. The predicted octanol–water partition coefficient (Wildman–Crippen LogP) is 11.9. The molecule has 3 aromatic carbocycles. The lowest BCUT2D eigenvalue weighted by Gasteiger charge is -2.56. The number of nitrogens with one attached hydrogen (secondary N) is 1. The zero-order valence-electron chi connectivity index (χ0n) is 61.6. The number of rotatable bonds is 8. The minimum atomic E-state index is -2.35. The Labute approximate surface area is 596 Å². The molecule has 102 heavy (non-hydrogen) atoms. The molecule has 6 amide bonds. The molecule has 4 N–H and O–H groups in total. The molecule has 10 aliphatic heterocycles. The zero-order valence-corrected chi connectivity index (χ0v) is 61.6. The second-order valence-electron chi connectivity index (χ2n) is 31.9. The van der Waals surface area contributed by atoms with E-state index in [1.807, 2.05) is 149 Å². The second kappa shape index (κ2) is 26.1. The number of nitrogens with zero attached hydrogens (tertiary/aromatic N) is 8. The van der Waals surface area contributed by atoms with Gasteiger partial charge in [-0.15, -0.1) is 0 Å². The summed E-state index contributed by atoms with van der Waals surface area (Å²) in [5.41, 5.74) is 11.2. The van der Waals surface area contributed by atoms with Crippen molar-refractivity contribution in [1.29, 1.82) is 0 Å². The maximum atomic E-state index is 14.4. The zero-order chi connectivity index (χ0) is 72.8. The highest BCUT2D eigenvalue weighted by molar-refractivity contribution is 6.04. The highest BCUT2D eigenvalue weighted by Crippen LogP contribution is 2.58. The first-order valence-corrected chi connectivity index (χ1v) is 36.5. The Morgan fingerprint density at radius 3 is 1.73 bits per heavy atom. The van der Waals surface area contributed by atoms with Crippen molar-refractivity contribution in [3.63, 3.8) is 0 Å². The largest absolute Gasteiger partial charge is 0.383 e. The molecule has 10 aliphatic rings. The fourth-order valence-corrected chi connectivity index (χ4v) is 18.0. The first-order chi connectivity index (χ1) is 48.4. The minimum Gasteiger partial charge on any atom is -0.383 e. The standard InChI is InChI=1S/C32H41N3O6.C27H33N3O4.C22H25N3O2/c1-18(2)12-14-39-28-26-21-11-10-20(5)16-23(21)34-25(15-19(3)4)40-41-31(6,7)17-24(27(26)34)35-29(36)22-9-8-13-33(22)30(37)32(28,35)38;1-15(2)10-12-28-20-14-17(5)8-9-18(20)22-23(28)21(13-16(3)4)30-25(32)19-7-6-11-29(19)26(33)27(30,34)24(22)31;1-12(2)9-18-20-15(14-7-6-13(3)10-16(14)23-20)11-19-21(26)24-8-4-5-17(24)22(27)25(18)19/h10-12,15-16,22,24-25,28,38H,8-9,13-14,17H2,1-7H3;8-10,13-14,19,21,24,31,34H,6-7,11-12H2,1-5H3;6-7,9-10,17-19,23H,4-5,8,11H2,1-3H3/t22-,24-,25+,28-,32+;19-,21-,24-,27+;17-,18?,19-/m000/s1. The second-order valence-corrected chi connectivity index (χ2v) is 31.9. The predicted molar refractivity (Wildman–Crippen MR) is 387 cm³/mol. The lowest BCUT2D eigenvalue weighted by molar-refractivity contribution is -0.390. The van der Waals surface area contributed by atoms with Crippen LogP contribution in [-0.4, -0.2) is 162 Å². The van der Waals surface area contributed by atoms with Gasteiger partial charge >= 0.3 is 0 Å². The summed E-state index contributed by atoms with van der Waals surface area (Å²) in [6, 6.07) is 15.1. The number of ether oxygens (including phenoxy) is 1. The number of H-pyrrole nitrogens is 1. The lowest BCUT2D eigenvalue weighted by atomic mass is 9.79. The van der Waals surface area contributed by atoms with E-state index in [4.69, 9.17) is 14.5 Å². The van der Waals surface area contributed by atoms with Crippen molar-refractivity contribution in [2.45, 2.75) is 240 Å². The van der Waals surface area contributed by atoms with Gasteiger partial charge in [-0.3, -0.25) is 38.6 Å². The summed E-state index contributed by atoms with van der Waals surface area (Å²) in [6.07, 6.45) is 12.0. The molecule has 0 radical (unpaired) electrons. The van der Waals surface area contributed by atoms with Crippen LogP contribution in [0.1, 0.15) is 215 Å². The van der Waals surface area contributed by atoms with E-state index < -0.39 is 71.5 Å². The van der Waals surface area contributed by atoms with Crippen LogP contribution in [0.2, 0.25) is 0 Å². The number of aliphatic hydroxyl groups is 3. The van der Waals surface area contributed by atoms with Crippen molar-refractivity contribution < 1.29 is 58.6 Å². The monoisotopic (exact) mass is 1390 g/mol. The summed E-state index contributed by atoms with van der Waals surface area (Å²) < 4.78 is 10.7. The molecule has 6 saturated heterocycles. The summed E-state index contributed by atoms with van der Waals surface area (Å²) in [5, 5.41) is 39.2. The van der Waals surface area contributed by atoms with Gasteiger partial charge < -0.3 is 53.8 Å². The first-order valence-electron chi connectivity index (χ1n) is 36.5. The van der Waals surface area contributed by atoms with E-state index in [1.54, 1.807) is 4.90 Å². The average Bonchev–Trinajstić information content (AvgIpc) is 1.41. The van der Waals surface area contributed by atoms with Crippen LogP contribution in [0.5, 0.6) is 0 Å². The Balaban J connectivity index is 0.000000132. The molecule has 0 saturated carbocycles. The fourth-order valence-electron chi connectivity index (χ4n) is 18.0. The van der Waals surface area contributed by atoms with Gasteiger partial charge in [-0.2, -0.15) is 0 Å². The summed E-state index contributed by atoms with van der Waals surface area (Å²) in [4.78, 5) is 108. The van der Waals surface area contributed by atoms with Gasteiger partial charge in [0.05, 0.1) is 41.6 Å². The molecule has 13 heterocycles. The molecule has 3 aromatic heterocycles. The molecule has 0 aliphatic carbocycles. The number of hydrogen-bond donors (Lipinski definition) is 4. The van der Waals surface area contributed by atoms with Gasteiger partial charge in [0.15, 0.2) is 6.23 Å². The van der Waals surface area contributed by atoms with Crippen LogP contribution in [0.4, 0.5) is 0 Å². The van der Waals surface area contributed by atoms with Gasteiger partial charge in [-0.1, -0.05) is 88.6 Å². The van der Waals surface area contributed by atoms with E-state index >= 15 is 0 Å². The maximum absolute atomic E-state index is 14.4.